The third kappa shape index (κ3) is 3.79. The van der Waals surface area contributed by atoms with E-state index < -0.39 is 17.8 Å². The molecule has 1 aromatic rings. The van der Waals surface area contributed by atoms with Gasteiger partial charge in [0.1, 0.15) is 5.82 Å². The lowest BCUT2D eigenvalue weighted by Gasteiger charge is -2.14. The van der Waals surface area contributed by atoms with Crippen molar-refractivity contribution in [1.82, 2.24) is 10.6 Å². The Kier molecular flexibility index (Phi) is 6.00. The van der Waals surface area contributed by atoms with Crippen molar-refractivity contribution >= 4 is 29.9 Å². The fraction of sp³-hybridized carbons (Fsp3) is 0.417. The minimum atomic E-state index is -0.648. The molecule has 4 nitrogen and oxygen atoms in total. The van der Waals surface area contributed by atoms with Crippen LogP contribution in [0.1, 0.15) is 10.4 Å². The number of carbonyl (C=O) groups excluding carboxylic acids is 1. The maximum Gasteiger partial charge on any atom is 0.255 e. The summed E-state index contributed by atoms with van der Waals surface area (Å²) in [4.78, 5) is 11.8. The van der Waals surface area contributed by atoms with E-state index in [0.717, 1.165) is 0 Å². The quantitative estimate of drug-likeness (QED) is 0.786. The van der Waals surface area contributed by atoms with Gasteiger partial charge in [0.05, 0.1) is 16.7 Å². The number of aliphatic hydroxyl groups excluding tert-OH is 1. The second kappa shape index (κ2) is 7.05. The van der Waals surface area contributed by atoms with Gasteiger partial charge in [0.2, 0.25) is 0 Å². The number of rotatable bonds is 3. The molecule has 0 radical (unpaired) electrons. The van der Waals surface area contributed by atoms with Gasteiger partial charge in [-0.15, -0.1) is 12.4 Å². The highest BCUT2D eigenvalue weighted by Crippen LogP contribution is 2.18. The minimum Gasteiger partial charge on any atom is -0.391 e. The Bertz CT molecular complexity index is 439. The lowest BCUT2D eigenvalue weighted by molar-refractivity contribution is 0.0923. The average Bonchev–Trinajstić information content (AvgIpc) is 2.72. The van der Waals surface area contributed by atoms with Crippen LogP contribution in [0.2, 0.25) is 5.02 Å². The van der Waals surface area contributed by atoms with E-state index in [1.807, 2.05) is 0 Å². The first-order chi connectivity index (χ1) is 8.59. The van der Waals surface area contributed by atoms with E-state index in [1.165, 1.54) is 18.2 Å². The van der Waals surface area contributed by atoms with Crippen molar-refractivity contribution in [2.75, 3.05) is 19.6 Å². The molecule has 2 unspecified atom stereocenters. The van der Waals surface area contributed by atoms with Crippen molar-refractivity contribution in [2.45, 2.75) is 6.10 Å². The summed E-state index contributed by atoms with van der Waals surface area (Å²) < 4.78 is 13.5. The van der Waals surface area contributed by atoms with Gasteiger partial charge in [-0.25, -0.2) is 4.39 Å². The number of aliphatic hydroxyl groups is 1. The van der Waals surface area contributed by atoms with Crippen molar-refractivity contribution < 1.29 is 14.3 Å². The highest BCUT2D eigenvalue weighted by Gasteiger charge is 2.26. The Morgan fingerprint density at radius 1 is 1.53 bits per heavy atom. The molecule has 0 spiro atoms. The van der Waals surface area contributed by atoms with E-state index in [0.29, 0.717) is 13.1 Å². The molecule has 1 aliphatic heterocycles. The molecule has 0 aromatic heterocycles. The van der Waals surface area contributed by atoms with E-state index >= 15 is 0 Å². The summed E-state index contributed by atoms with van der Waals surface area (Å²) in [5.74, 6) is -1.26. The third-order valence-corrected chi connectivity index (χ3v) is 3.33. The molecule has 0 bridgehead atoms. The lowest BCUT2D eigenvalue weighted by Crippen LogP contribution is -2.34. The molecule has 1 aliphatic rings. The summed E-state index contributed by atoms with van der Waals surface area (Å²) in [6.45, 7) is 1.44. The van der Waals surface area contributed by atoms with Gasteiger partial charge in [-0.1, -0.05) is 17.7 Å². The van der Waals surface area contributed by atoms with Crippen LogP contribution in [0.25, 0.3) is 0 Å². The van der Waals surface area contributed by atoms with Gasteiger partial charge >= 0.3 is 0 Å². The average molecular weight is 309 g/mol. The summed E-state index contributed by atoms with van der Waals surface area (Å²) in [6, 6.07) is 4.09. The van der Waals surface area contributed by atoms with Gasteiger partial charge in [0.25, 0.3) is 5.91 Å². The molecule has 2 atom stereocenters. The van der Waals surface area contributed by atoms with Gasteiger partial charge < -0.3 is 15.7 Å². The molecule has 1 aromatic carbocycles. The van der Waals surface area contributed by atoms with Gasteiger partial charge in [-0.05, 0) is 12.1 Å². The molecule has 0 aliphatic carbocycles. The molecule has 1 saturated heterocycles. The Morgan fingerprint density at radius 3 is 2.84 bits per heavy atom. The number of β-amino-alcohol motifs (C(OH)–C–C–N with tert-alkyl or cyclic N) is 1. The van der Waals surface area contributed by atoms with E-state index in [-0.39, 0.29) is 35.5 Å². The van der Waals surface area contributed by atoms with E-state index in [9.17, 15) is 14.3 Å². The van der Waals surface area contributed by atoms with Crippen molar-refractivity contribution in [3.05, 3.63) is 34.6 Å². The highest BCUT2D eigenvalue weighted by molar-refractivity contribution is 6.33. The van der Waals surface area contributed by atoms with E-state index in [1.54, 1.807) is 0 Å². The minimum absolute atomic E-state index is 0. The van der Waals surface area contributed by atoms with Crippen LogP contribution in [-0.4, -0.2) is 36.8 Å². The molecule has 19 heavy (non-hydrogen) atoms. The van der Waals surface area contributed by atoms with Gasteiger partial charge in [-0.3, -0.25) is 4.79 Å². The van der Waals surface area contributed by atoms with Crippen LogP contribution >= 0.6 is 24.0 Å². The maximum absolute atomic E-state index is 13.5. The largest absolute Gasteiger partial charge is 0.391 e. The molecule has 7 heteroatoms. The zero-order chi connectivity index (χ0) is 13.1. The van der Waals surface area contributed by atoms with Gasteiger partial charge in [0, 0.05) is 25.6 Å². The highest BCUT2D eigenvalue weighted by atomic mass is 35.5. The SMILES string of the molecule is Cl.O=C(NCC1CNCC1O)c1c(F)cccc1Cl. The predicted octanol–water partition coefficient (Wildman–Crippen LogP) is 1.21. The zero-order valence-electron chi connectivity index (χ0n) is 10.0. The number of amides is 1. The van der Waals surface area contributed by atoms with Crippen LogP contribution < -0.4 is 10.6 Å². The van der Waals surface area contributed by atoms with Crippen molar-refractivity contribution in [3.63, 3.8) is 0 Å². The smallest absolute Gasteiger partial charge is 0.255 e. The van der Waals surface area contributed by atoms with Crippen LogP contribution in [0, 0.1) is 11.7 Å². The summed E-state index contributed by atoms with van der Waals surface area (Å²) >= 11 is 5.79. The molecule has 1 heterocycles. The summed E-state index contributed by atoms with van der Waals surface area (Å²) in [5, 5.41) is 15.2. The molecule has 3 N–H and O–H groups in total. The number of benzene rings is 1. The first kappa shape index (κ1) is 16.2. The normalized spacial score (nSPS) is 21.8. The second-order valence-corrected chi connectivity index (χ2v) is 4.70. The monoisotopic (exact) mass is 308 g/mol. The molecule has 0 saturated carbocycles. The van der Waals surface area contributed by atoms with Gasteiger partial charge in [-0.2, -0.15) is 0 Å². The van der Waals surface area contributed by atoms with Crippen LogP contribution in [0.4, 0.5) is 4.39 Å². The third-order valence-electron chi connectivity index (χ3n) is 3.02. The maximum atomic E-state index is 13.5. The Hall–Kier alpha value is -0.880. The molecule has 1 amide bonds. The lowest BCUT2D eigenvalue weighted by atomic mass is 10.1. The fourth-order valence-electron chi connectivity index (χ4n) is 1.95. The topological polar surface area (TPSA) is 61.4 Å². The standard InChI is InChI=1S/C12H14ClFN2O2.ClH/c13-8-2-1-3-9(14)11(8)12(18)16-5-7-4-15-6-10(7)17;/h1-3,7,10,15,17H,4-6H2,(H,16,18);1H. The number of halogens is 3. The molecular weight excluding hydrogens is 294 g/mol. The number of hydrogen-bond donors (Lipinski definition) is 3. The molecule has 1 fully saturated rings. The van der Waals surface area contributed by atoms with Crippen LogP contribution in [0.3, 0.4) is 0 Å². The summed E-state index contributed by atoms with van der Waals surface area (Å²) in [5.41, 5.74) is -0.153. The zero-order valence-corrected chi connectivity index (χ0v) is 11.6. The number of nitrogens with one attached hydrogen (secondary N) is 2. The number of carbonyl (C=O) groups is 1. The Morgan fingerprint density at radius 2 is 2.26 bits per heavy atom. The van der Waals surface area contributed by atoms with E-state index in [4.69, 9.17) is 11.6 Å². The van der Waals surface area contributed by atoms with Crippen molar-refractivity contribution in [2.24, 2.45) is 5.92 Å². The van der Waals surface area contributed by atoms with E-state index in [2.05, 4.69) is 10.6 Å². The molecule has 106 valence electrons. The van der Waals surface area contributed by atoms with Gasteiger partial charge in [0.15, 0.2) is 0 Å². The first-order valence-corrected chi connectivity index (χ1v) is 6.08. The molecule has 2 rings (SSSR count). The Labute approximate surface area is 121 Å². The Balaban J connectivity index is 0.00000180. The number of hydrogen-bond acceptors (Lipinski definition) is 3. The fourth-order valence-corrected chi connectivity index (χ4v) is 2.20. The van der Waals surface area contributed by atoms with Crippen molar-refractivity contribution in [3.8, 4) is 0 Å². The summed E-state index contributed by atoms with van der Waals surface area (Å²) in [7, 11) is 0. The summed E-state index contributed by atoms with van der Waals surface area (Å²) in [6.07, 6.45) is -0.485. The second-order valence-electron chi connectivity index (χ2n) is 4.29. The first-order valence-electron chi connectivity index (χ1n) is 5.70. The predicted molar refractivity (Wildman–Crippen MR) is 73.4 cm³/mol. The van der Waals surface area contributed by atoms with Crippen LogP contribution in [0.15, 0.2) is 18.2 Å². The van der Waals surface area contributed by atoms with Crippen LogP contribution in [-0.2, 0) is 0 Å². The molecular formula is C12H15Cl2FN2O2. The van der Waals surface area contributed by atoms with Crippen molar-refractivity contribution in [1.29, 1.82) is 0 Å². The van der Waals surface area contributed by atoms with Crippen LogP contribution in [0.5, 0.6) is 0 Å².